The van der Waals surface area contributed by atoms with Gasteiger partial charge in [-0.2, -0.15) is 0 Å². The van der Waals surface area contributed by atoms with Crippen LogP contribution in [0.5, 0.6) is 0 Å². The first kappa shape index (κ1) is 12.9. The van der Waals surface area contributed by atoms with Gasteiger partial charge in [-0.3, -0.25) is 0 Å². The normalized spacial score (nSPS) is 36.6. The molecule has 0 aliphatic heterocycles. The predicted octanol–water partition coefficient (Wildman–Crippen LogP) is 1.94. The molecule has 2 bridgehead atoms. The number of ether oxygens (including phenoxy) is 2. The fraction of sp³-hybridized carbons (Fsp3) is 0.857. The van der Waals surface area contributed by atoms with Gasteiger partial charge in [-0.15, -0.1) is 0 Å². The highest BCUT2D eigenvalue weighted by Gasteiger charge is 2.48. The summed E-state index contributed by atoms with van der Waals surface area (Å²) in [4.78, 5) is 0. The van der Waals surface area contributed by atoms with E-state index in [2.05, 4.69) is 11.8 Å². The lowest BCUT2D eigenvalue weighted by atomic mass is 9.85. The Morgan fingerprint density at radius 1 is 1.41 bits per heavy atom. The largest absolute Gasteiger partial charge is 0.377 e. The molecule has 0 aromatic carbocycles. The molecule has 0 radical (unpaired) electrons. The van der Waals surface area contributed by atoms with Crippen LogP contribution in [0.3, 0.4) is 0 Å². The minimum absolute atomic E-state index is 0.219. The molecule has 0 aromatic rings. The van der Waals surface area contributed by atoms with Gasteiger partial charge in [0.1, 0.15) is 12.2 Å². The summed E-state index contributed by atoms with van der Waals surface area (Å²) in [5, 5.41) is 10.4. The second-order valence-electron chi connectivity index (χ2n) is 5.14. The van der Waals surface area contributed by atoms with Crippen molar-refractivity contribution in [3.8, 4) is 11.8 Å². The first-order valence-electron chi connectivity index (χ1n) is 6.59. The van der Waals surface area contributed by atoms with Crippen molar-refractivity contribution in [2.45, 2.75) is 51.4 Å². The maximum Gasteiger partial charge on any atom is 0.156 e. The van der Waals surface area contributed by atoms with Crippen molar-refractivity contribution in [3.63, 3.8) is 0 Å². The second-order valence-corrected chi connectivity index (χ2v) is 5.14. The van der Waals surface area contributed by atoms with Crippen LogP contribution < -0.4 is 0 Å². The van der Waals surface area contributed by atoms with Crippen LogP contribution in [0, 0.1) is 23.7 Å². The van der Waals surface area contributed by atoms with Crippen LogP contribution in [0.2, 0.25) is 0 Å². The van der Waals surface area contributed by atoms with E-state index in [1.807, 2.05) is 13.8 Å². The van der Waals surface area contributed by atoms with E-state index in [9.17, 15) is 5.11 Å². The molecule has 96 valence electrons. The molecule has 0 aromatic heterocycles. The van der Waals surface area contributed by atoms with E-state index in [1.165, 1.54) is 6.42 Å². The van der Waals surface area contributed by atoms with Crippen LogP contribution in [-0.4, -0.2) is 30.2 Å². The van der Waals surface area contributed by atoms with Gasteiger partial charge in [0, 0.05) is 6.61 Å². The first-order valence-corrected chi connectivity index (χ1v) is 6.59. The van der Waals surface area contributed by atoms with Gasteiger partial charge in [-0.1, -0.05) is 11.8 Å². The number of rotatable bonds is 4. The minimum Gasteiger partial charge on any atom is -0.377 e. The zero-order valence-electron chi connectivity index (χ0n) is 10.7. The number of hydrogen-bond acceptors (Lipinski definition) is 3. The topological polar surface area (TPSA) is 38.7 Å². The molecule has 3 heteroatoms. The Bertz CT molecular complexity index is 317. The average Bonchev–Trinajstić information content (AvgIpc) is 2.85. The molecular formula is C14H22O3. The summed E-state index contributed by atoms with van der Waals surface area (Å²) in [7, 11) is 0. The van der Waals surface area contributed by atoms with E-state index >= 15 is 0 Å². The van der Waals surface area contributed by atoms with Gasteiger partial charge in [0.15, 0.2) is 6.29 Å². The summed E-state index contributed by atoms with van der Waals surface area (Å²) < 4.78 is 10.6. The predicted molar refractivity (Wildman–Crippen MR) is 65.2 cm³/mol. The molecule has 0 heterocycles. The molecule has 17 heavy (non-hydrogen) atoms. The Kier molecular flexibility index (Phi) is 4.09. The lowest BCUT2D eigenvalue weighted by Gasteiger charge is -2.26. The zero-order chi connectivity index (χ0) is 12.3. The van der Waals surface area contributed by atoms with E-state index < -0.39 is 5.60 Å². The smallest absolute Gasteiger partial charge is 0.156 e. The standard InChI is InChI=1S/C14H22O3/c1-3-16-11(2)17-8-4-7-14(15)10-12-5-6-13(14)9-12/h11-13,15H,3,5-6,8-10H2,1-2H3. The molecule has 0 spiro atoms. The van der Waals surface area contributed by atoms with E-state index in [-0.39, 0.29) is 6.29 Å². The molecule has 0 amide bonds. The highest BCUT2D eigenvalue weighted by Crippen LogP contribution is 2.50. The molecule has 2 rings (SSSR count). The summed E-state index contributed by atoms with van der Waals surface area (Å²) >= 11 is 0. The van der Waals surface area contributed by atoms with Crippen molar-refractivity contribution >= 4 is 0 Å². The Labute approximate surface area is 103 Å². The van der Waals surface area contributed by atoms with Gasteiger partial charge in [0.05, 0.1) is 0 Å². The third-order valence-electron chi connectivity index (χ3n) is 3.91. The lowest BCUT2D eigenvalue weighted by molar-refractivity contribution is -0.117. The fourth-order valence-corrected chi connectivity index (χ4v) is 3.08. The van der Waals surface area contributed by atoms with Gasteiger partial charge in [0.2, 0.25) is 0 Å². The first-order chi connectivity index (χ1) is 8.14. The van der Waals surface area contributed by atoms with E-state index in [4.69, 9.17) is 9.47 Å². The maximum atomic E-state index is 10.4. The van der Waals surface area contributed by atoms with Crippen molar-refractivity contribution < 1.29 is 14.6 Å². The zero-order valence-corrected chi connectivity index (χ0v) is 10.7. The van der Waals surface area contributed by atoms with E-state index in [1.54, 1.807) is 0 Å². The Balaban J connectivity index is 1.77. The lowest BCUT2D eigenvalue weighted by Crippen LogP contribution is -2.33. The van der Waals surface area contributed by atoms with E-state index in [0.29, 0.717) is 25.0 Å². The minimum atomic E-state index is -0.735. The molecule has 4 atom stereocenters. The number of aliphatic hydroxyl groups is 1. The monoisotopic (exact) mass is 238 g/mol. The van der Waals surface area contributed by atoms with Crippen LogP contribution in [0.25, 0.3) is 0 Å². The third kappa shape index (κ3) is 3.01. The number of hydrogen-bond donors (Lipinski definition) is 1. The third-order valence-corrected chi connectivity index (χ3v) is 3.91. The van der Waals surface area contributed by atoms with Gasteiger partial charge >= 0.3 is 0 Å². The molecule has 0 saturated heterocycles. The summed E-state index contributed by atoms with van der Waals surface area (Å²) in [5.41, 5.74) is -0.735. The fourth-order valence-electron chi connectivity index (χ4n) is 3.08. The van der Waals surface area contributed by atoms with Crippen LogP contribution in [0.4, 0.5) is 0 Å². The number of fused-ring (bicyclic) bond motifs is 2. The van der Waals surface area contributed by atoms with Gasteiger partial charge in [-0.05, 0) is 51.4 Å². The molecular weight excluding hydrogens is 216 g/mol. The van der Waals surface area contributed by atoms with Crippen LogP contribution in [-0.2, 0) is 9.47 Å². The van der Waals surface area contributed by atoms with Crippen molar-refractivity contribution in [2.75, 3.05) is 13.2 Å². The van der Waals surface area contributed by atoms with Crippen molar-refractivity contribution in [3.05, 3.63) is 0 Å². The highest BCUT2D eigenvalue weighted by atomic mass is 16.7. The summed E-state index contributed by atoms with van der Waals surface area (Å²) in [5.74, 6) is 7.04. The van der Waals surface area contributed by atoms with Crippen molar-refractivity contribution in [2.24, 2.45) is 11.8 Å². The highest BCUT2D eigenvalue weighted by molar-refractivity contribution is 5.21. The molecule has 4 unspecified atom stereocenters. The van der Waals surface area contributed by atoms with Crippen LogP contribution in [0.15, 0.2) is 0 Å². The summed E-state index contributed by atoms with van der Waals surface area (Å²) in [6, 6.07) is 0. The molecule has 2 saturated carbocycles. The summed E-state index contributed by atoms with van der Waals surface area (Å²) in [6.07, 6.45) is 4.19. The average molecular weight is 238 g/mol. The van der Waals surface area contributed by atoms with Crippen molar-refractivity contribution in [1.82, 2.24) is 0 Å². The quantitative estimate of drug-likeness (QED) is 0.601. The van der Waals surface area contributed by atoms with Crippen LogP contribution in [0.1, 0.15) is 39.5 Å². The second kappa shape index (κ2) is 5.39. The molecule has 2 aliphatic carbocycles. The molecule has 1 N–H and O–H groups in total. The van der Waals surface area contributed by atoms with Crippen LogP contribution >= 0.6 is 0 Å². The summed E-state index contributed by atoms with van der Waals surface area (Å²) in [6.45, 7) is 4.77. The van der Waals surface area contributed by atoms with Gasteiger partial charge < -0.3 is 14.6 Å². The van der Waals surface area contributed by atoms with Crippen molar-refractivity contribution in [1.29, 1.82) is 0 Å². The Morgan fingerprint density at radius 2 is 2.24 bits per heavy atom. The van der Waals surface area contributed by atoms with Gasteiger partial charge in [-0.25, -0.2) is 0 Å². The SMILES string of the molecule is CCOC(C)OCC#CC1(O)CC2CCC1C2. The molecule has 2 aliphatic rings. The van der Waals surface area contributed by atoms with Gasteiger partial charge in [0.25, 0.3) is 0 Å². The molecule has 3 nitrogen and oxygen atoms in total. The Hall–Kier alpha value is -0.560. The van der Waals surface area contributed by atoms with E-state index in [0.717, 1.165) is 19.3 Å². The maximum absolute atomic E-state index is 10.4. The Morgan fingerprint density at radius 3 is 2.82 bits per heavy atom. The molecule has 2 fully saturated rings.